The Hall–Kier alpha value is -8.44. The van der Waals surface area contributed by atoms with E-state index in [0.717, 1.165) is 97.1 Å². The van der Waals surface area contributed by atoms with E-state index in [-0.39, 0.29) is 23.0 Å². The van der Waals surface area contributed by atoms with Crippen LogP contribution in [0.2, 0.25) is 0 Å². The summed E-state index contributed by atoms with van der Waals surface area (Å²) in [4.78, 5) is 0. The van der Waals surface area contributed by atoms with Gasteiger partial charge in [0, 0.05) is 0 Å². The van der Waals surface area contributed by atoms with Crippen LogP contribution in [0.5, 0.6) is 0 Å². The molecule has 0 aliphatic carbocycles. The Morgan fingerprint density at radius 3 is 0.524 bits per heavy atom. The molecule has 0 fully saturated rings. The third kappa shape index (κ3) is 8.95. The molecule has 416 valence electrons. The minimum absolute atomic E-state index is 0.364. The fraction of sp³-hybridized carbons (Fsp3) is 0. The first kappa shape index (κ1) is 55.5. The zero-order valence-corrected chi connectivity index (χ0v) is 42.7. The van der Waals surface area contributed by atoms with E-state index >= 15 is 70.2 Å². The molecule has 26 heteroatoms. The van der Waals surface area contributed by atoms with Gasteiger partial charge in [-0.15, -0.1) is 0 Å². The second-order valence-corrected chi connectivity index (χ2v) is 21.6. The number of furan rings is 4. The molecule has 0 radical (unpaired) electrons. The molecule has 82 heavy (non-hydrogen) atoms. The van der Waals surface area contributed by atoms with Gasteiger partial charge >= 0.3 is 455 Å². The van der Waals surface area contributed by atoms with Crippen molar-refractivity contribution in [1.82, 2.24) is 0 Å². The Kier molecular flexibility index (Phi) is 14.1. The molecule has 4 nitrogen and oxygen atoms in total. The molecular weight excluding hydrogens is 1270 g/mol. The normalized spacial score (nSPS) is 16.3. The van der Waals surface area contributed by atoms with Crippen molar-refractivity contribution >= 4 is 75.6 Å². The molecular formula is C56H16F20O4Se2. The van der Waals surface area contributed by atoms with E-state index in [2.05, 4.69) is 0 Å². The molecule has 0 N–H and O–H groups in total. The summed E-state index contributed by atoms with van der Waals surface area (Å²) < 4.78 is 327. The van der Waals surface area contributed by atoms with E-state index in [9.17, 15) is 17.6 Å². The summed E-state index contributed by atoms with van der Waals surface area (Å²) in [7, 11) is 0. The number of benzene rings is 4. The molecule has 0 unspecified atom stereocenters. The van der Waals surface area contributed by atoms with Crippen LogP contribution in [0, 0.1) is 116 Å². The first-order chi connectivity index (χ1) is 39.0. The molecule has 0 saturated carbocycles. The molecule has 6 aromatic heterocycles. The van der Waals surface area contributed by atoms with Gasteiger partial charge in [0.25, 0.3) is 0 Å². The molecule has 7 heterocycles. The van der Waals surface area contributed by atoms with Gasteiger partial charge in [0.15, 0.2) is 0 Å². The summed E-state index contributed by atoms with van der Waals surface area (Å²) in [5.41, 5.74) is -10.1. The Bertz CT molecular complexity index is 4020. The van der Waals surface area contributed by atoms with Gasteiger partial charge < -0.3 is 0 Å². The number of fused-ring (bicyclic) bond motifs is 12. The standard InChI is InChI=1S/C56H16F20O4Se2/c57-37-33(38(58)46(66)53(73)45(37)65)29-21-9-5-17(77-21)1-2-18-6-10-22(78-18)30(34-39(59)47(67)54(74)48(68)40(34)60)26-15-16-28(82-26)32(36-43(63)51(71)56(76)52(72)44(36)64)24-12-8-20(80-24)4-3-19-7-11-23(79-19)31(27-14-13-25(29)81-27)35-41(61)49(69)55(75)50(70)42(35)62/h1-16H/b2-1-,4-3-,17-1?,18-2?,19-3?,20-4?,29-21?,29-25+,30-22?,30-26+,31-23?,31-27+,32-24?,32-28+. The summed E-state index contributed by atoms with van der Waals surface area (Å²) in [6.07, 6.45) is 4.01. The molecule has 1 aliphatic heterocycles. The van der Waals surface area contributed by atoms with Crippen molar-refractivity contribution in [1.29, 1.82) is 0 Å². The quantitative estimate of drug-likeness (QED) is 0.0763. The molecule has 11 rings (SSSR count). The van der Waals surface area contributed by atoms with Crippen molar-refractivity contribution < 1.29 is 105 Å². The van der Waals surface area contributed by atoms with Gasteiger partial charge in [-0.2, -0.15) is 0 Å². The fourth-order valence-electron chi connectivity index (χ4n) is 8.62. The van der Waals surface area contributed by atoms with E-state index in [0.29, 0.717) is 0 Å². The van der Waals surface area contributed by atoms with Gasteiger partial charge in [0.05, 0.1) is 0 Å². The summed E-state index contributed by atoms with van der Waals surface area (Å²) in [6, 6.07) is 11.7. The SMILES string of the molecule is Fc1c(F)c(F)c(/C2=c3\cc/c([se]3)=C(\c3c(F)c(F)c(F)c(F)c3F)c3ccc(o3)/C=C\c3ccc(o3)/C(c3c(F)c(F)c(F)c(F)c3F)=c3/cc/c([se]3)=C(\c3c(F)c(F)c(F)c(F)c3F)c3ccc(o3)/C=C\c3ccc2o3)c(F)c1F. The first-order valence-corrected chi connectivity index (χ1v) is 25.9. The average Bonchev–Trinajstić information content (AvgIpc) is 4.04. The molecule has 10 aromatic rings. The van der Waals surface area contributed by atoms with Crippen molar-refractivity contribution in [3.63, 3.8) is 0 Å². The first-order valence-electron chi connectivity index (χ1n) is 22.5. The van der Waals surface area contributed by atoms with Gasteiger partial charge in [-0.25, -0.2) is 0 Å². The van der Waals surface area contributed by atoms with E-state index in [1.807, 2.05) is 0 Å². The topological polar surface area (TPSA) is 52.6 Å². The fourth-order valence-corrected chi connectivity index (χ4v) is 13.3. The maximum atomic E-state index is 15.9. The van der Waals surface area contributed by atoms with E-state index in [1.165, 1.54) is 0 Å². The molecule has 0 spiro atoms. The van der Waals surface area contributed by atoms with Crippen molar-refractivity contribution in [2.45, 2.75) is 0 Å². The average molecular weight is 1290 g/mol. The predicted octanol–water partition coefficient (Wildman–Crippen LogP) is 12.6. The van der Waals surface area contributed by atoms with Gasteiger partial charge in [-0.3, -0.25) is 0 Å². The molecule has 0 atom stereocenters. The molecule has 4 aromatic carbocycles. The van der Waals surface area contributed by atoms with Crippen LogP contribution in [0.25, 0.3) is 46.6 Å². The number of rotatable bonds is 4. The van der Waals surface area contributed by atoms with Crippen LogP contribution in [0.3, 0.4) is 0 Å². The van der Waals surface area contributed by atoms with Crippen LogP contribution in [-0.2, 0) is 0 Å². The molecule has 0 amide bonds. The Labute approximate surface area is 453 Å². The van der Waals surface area contributed by atoms with Crippen molar-refractivity contribution in [3.05, 3.63) is 274 Å². The van der Waals surface area contributed by atoms with Crippen LogP contribution in [0.4, 0.5) is 87.8 Å². The third-order valence-electron chi connectivity index (χ3n) is 12.4. The predicted molar refractivity (Wildman–Crippen MR) is 249 cm³/mol. The van der Waals surface area contributed by atoms with Crippen LogP contribution in [-0.4, -0.2) is 29.0 Å². The zero-order valence-electron chi connectivity index (χ0n) is 39.2. The summed E-state index contributed by atoms with van der Waals surface area (Å²) in [6.45, 7) is 0. The van der Waals surface area contributed by atoms with Crippen molar-refractivity contribution in [2.75, 3.05) is 0 Å². The van der Waals surface area contributed by atoms with Crippen LogP contribution >= 0.6 is 0 Å². The second kappa shape index (κ2) is 20.8. The van der Waals surface area contributed by atoms with E-state index in [4.69, 9.17) is 17.7 Å². The summed E-state index contributed by atoms with van der Waals surface area (Å²) in [5, 5.41) is 0. The van der Waals surface area contributed by atoms with E-state index in [1.54, 1.807) is 0 Å². The number of hydrogen-bond donors (Lipinski definition) is 0. The minimum atomic E-state index is -2.59. The number of halogens is 20. The second-order valence-electron chi connectivity index (χ2n) is 17.1. The maximum absolute atomic E-state index is 15.9. The van der Waals surface area contributed by atoms with Crippen LogP contribution in [0.15, 0.2) is 90.5 Å². The number of hydrogen-bond acceptors (Lipinski definition) is 4. The Morgan fingerprint density at radius 2 is 0.354 bits per heavy atom. The van der Waals surface area contributed by atoms with Crippen molar-refractivity contribution in [3.8, 4) is 0 Å². The van der Waals surface area contributed by atoms with Gasteiger partial charge in [-0.05, 0) is 0 Å². The molecule has 0 saturated heterocycles. The van der Waals surface area contributed by atoms with Gasteiger partial charge in [0.2, 0.25) is 0 Å². The van der Waals surface area contributed by atoms with Crippen LogP contribution < -0.4 is 16.4 Å². The van der Waals surface area contributed by atoms with E-state index < -0.39 is 229 Å². The zero-order chi connectivity index (χ0) is 58.7. The van der Waals surface area contributed by atoms with Crippen molar-refractivity contribution in [2.24, 2.45) is 0 Å². The molecule has 12 bridgehead atoms. The van der Waals surface area contributed by atoms with Gasteiger partial charge in [-0.1, -0.05) is 0 Å². The monoisotopic (exact) mass is 1290 g/mol. The van der Waals surface area contributed by atoms with Gasteiger partial charge in [0.1, 0.15) is 0 Å². The molecule has 1 aliphatic rings. The Balaban J connectivity index is 1.23. The summed E-state index contributed by atoms with van der Waals surface area (Å²) in [5.74, 6) is -53.5. The van der Waals surface area contributed by atoms with Crippen LogP contribution in [0.1, 0.15) is 68.3 Å². The third-order valence-corrected chi connectivity index (χ3v) is 17.1. The Morgan fingerprint density at radius 1 is 0.195 bits per heavy atom. The summed E-state index contributed by atoms with van der Waals surface area (Å²) >= 11 is -3.45.